The van der Waals surface area contributed by atoms with Crippen molar-refractivity contribution in [3.8, 4) is 5.75 Å². The van der Waals surface area contributed by atoms with Crippen LogP contribution in [0.5, 0.6) is 5.75 Å². The van der Waals surface area contributed by atoms with Crippen LogP contribution in [0.15, 0.2) is 30.3 Å². The van der Waals surface area contributed by atoms with Crippen LogP contribution in [0.25, 0.3) is 0 Å². The van der Waals surface area contributed by atoms with Crippen LogP contribution in [0.4, 0.5) is 0 Å². The Morgan fingerprint density at radius 3 is 2.67 bits per heavy atom. The molecule has 0 saturated carbocycles. The van der Waals surface area contributed by atoms with E-state index in [1.54, 1.807) is 11.3 Å². The second-order valence-electron chi connectivity index (χ2n) is 5.36. The van der Waals surface area contributed by atoms with Gasteiger partial charge in [-0.25, -0.2) is 4.98 Å². The van der Waals surface area contributed by atoms with Crippen molar-refractivity contribution in [2.45, 2.75) is 52.8 Å². The van der Waals surface area contributed by atoms with Gasteiger partial charge in [-0.15, -0.1) is 11.3 Å². The van der Waals surface area contributed by atoms with Crippen molar-refractivity contribution in [2.24, 2.45) is 0 Å². The van der Waals surface area contributed by atoms with Gasteiger partial charge in [0.2, 0.25) is 0 Å². The summed E-state index contributed by atoms with van der Waals surface area (Å²) in [5.41, 5.74) is 1.22. The van der Waals surface area contributed by atoms with Gasteiger partial charge in [-0.05, 0) is 18.6 Å². The van der Waals surface area contributed by atoms with E-state index in [-0.39, 0.29) is 0 Å². The highest BCUT2D eigenvalue weighted by molar-refractivity contribution is 7.11. The van der Waals surface area contributed by atoms with Gasteiger partial charge in [0.15, 0.2) is 0 Å². The molecule has 114 valence electrons. The van der Waals surface area contributed by atoms with Crippen molar-refractivity contribution in [3.63, 3.8) is 0 Å². The number of benzene rings is 1. The minimum atomic E-state index is 0.491. The number of thiazole rings is 1. The molecule has 2 rings (SSSR count). The van der Waals surface area contributed by atoms with Gasteiger partial charge in [0.05, 0.1) is 5.69 Å². The van der Waals surface area contributed by atoms with E-state index in [1.807, 2.05) is 30.3 Å². The topological polar surface area (TPSA) is 34.1 Å². The smallest absolute Gasteiger partial charge is 0.140 e. The summed E-state index contributed by atoms with van der Waals surface area (Å²) in [6.45, 7) is 7.97. The molecule has 0 saturated heterocycles. The summed E-state index contributed by atoms with van der Waals surface area (Å²) < 4.78 is 5.79. The van der Waals surface area contributed by atoms with Gasteiger partial charge in [-0.1, -0.05) is 45.4 Å². The molecule has 0 radical (unpaired) electrons. The Hall–Kier alpha value is -1.39. The number of nitrogens with zero attached hydrogens (tertiary/aromatic N) is 1. The molecule has 21 heavy (non-hydrogen) atoms. The summed E-state index contributed by atoms with van der Waals surface area (Å²) in [7, 11) is 0. The fourth-order valence-electron chi connectivity index (χ4n) is 2.03. The predicted molar refractivity (Wildman–Crippen MR) is 88.9 cm³/mol. The molecule has 0 amide bonds. The Morgan fingerprint density at radius 2 is 2.00 bits per heavy atom. The van der Waals surface area contributed by atoms with E-state index in [2.05, 4.69) is 26.1 Å². The van der Waals surface area contributed by atoms with Crippen molar-refractivity contribution in [1.29, 1.82) is 0 Å². The molecule has 1 aromatic heterocycles. The van der Waals surface area contributed by atoms with Crippen LogP contribution in [0, 0.1) is 0 Å². The molecule has 0 spiro atoms. The van der Waals surface area contributed by atoms with Gasteiger partial charge < -0.3 is 10.1 Å². The van der Waals surface area contributed by atoms with Gasteiger partial charge in [0.25, 0.3) is 0 Å². The summed E-state index contributed by atoms with van der Waals surface area (Å²) in [4.78, 5) is 6.09. The highest BCUT2D eigenvalue weighted by Gasteiger charge is 2.11. The van der Waals surface area contributed by atoms with Crippen LogP contribution in [-0.4, -0.2) is 11.0 Å². The van der Waals surface area contributed by atoms with Crippen LogP contribution in [0.3, 0.4) is 0 Å². The maximum Gasteiger partial charge on any atom is 0.140 e. The Bertz CT molecular complexity index is 537. The Balaban J connectivity index is 2.00. The fraction of sp³-hybridized carbons (Fsp3) is 0.471. The molecule has 0 aliphatic heterocycles. The van der Waals surface area contributed by atoms with Crippen LogP contribution in [-0.2, 0) is 19.6 Å². The monoisotopic (exact) mass is 304 g/mol. The molecule has 0 aliphatic carbocycles. The van der Waals surface area contributed by atoms with E-state index < -0.39 is 0 Å². The highest BCUT2D eigenvalue weighted by Crippen LogP contribution is 2.22. The molecule has 0 atom stereocenters. The molecule has 2 aromatic rings. The normalized spacial score (nSPS) is 11.0. The van der Waals surface area contributed by atoms with Crippen molar-refractivity contribution in [1.82, 2.24) is 10.3 Å². The van der Waals surface area contributed by atoms with Crippen LogP contribution in [0.2, 0.25) is 0 Å². The number of nitrogens with one attached hydrogen (secondary N) is 1. The summed E-state index contributed by atoms with van der Waals surface area (Å²) >= 11 is 1.76. The Kier molecular flexibility index (Phi) is 6.21. The molecule has 1 N–H and O–H groups in total. The lowest BCUT2D eigenvalue weighted by Gasteiger charge is -2.07. The van der Waals surface area contributed by atoms with E-state index in [0.29, 0.717) is 12.6 Å². The number of ether oxygens (including phenoxy) is 1. The van der Waals surface area contributed by atoms with E-state index >= 15 is 0 Å². The van der Waals surface area contributed by atoms with E-state index in [9.17, 15) is 0 Å². The molecule has 1 aromatic carbocycles. The van der Waals surface area contributed by atoms with Crippen molar-refractivity contribution in [3.05, 3.63) is 45.9 Å². The van der Waals surface area contributed by atoms with Gasteiger partial charge in [-0.3, -0.25) is 0 Å². The Labute approximate surface area is 131 Å². The quantitative estimate of drug-likeness (QED) is 0.794. The maximum atomic E-state index is 5.79. The summed E-state index contributed by atoms with van der Waals surface area (Å²) in [5.74, 6) is 0.895. The number of aromatic nitrogens is 1. The summed E-state index contributed by atoms with van der Waals surface area (Å²) in [5, 5.41) is 4.54. The van der Waals surface area contributed by atoms with Gasteiger partial charge in [0.1, 0.15) is 17.4 Å². The molecular weight excluding hydrogens is 280 g/mol. The van der Waals surface area contributed by atoms with Crippen LogP contribution < -0.4 is 10.1 Å². The number of hydrogen-bond donors (Lipinski definition) is 1. The van der Waals surface area contributed by atoms with Gasteiger partial charge >= 0.3 is 0 Å². The zero-order valence-electron chi connectivity index (χ0n) is 13.1. The molecule has 3 nitrogen and oxygen atoms in total. The van der Waals surface area contributed by atoms with Gasteiger partial charge in [0, 0.05) is 17.5 Å². The predicted octanol–water partition coefficient (Wildman–Crippen LogP) is 4.17. The first-order valence-electron chi connectivity index (χ1n) is 7.57. The highest BCUT2D eigenvalue weighted by atomic mass is 32.1. The van der Waals surface area contributed by atoms with E-state index in [1.165, 1.54) is 10.6 Å². The average Bonchev–Trinajstić information content (AvgIpc) is 2.87. The van der Waals surface area contributed by atoms with Crippen molar-refractivity contribution in [2.75, 3.05) is 0 Å². The largest absolute Gasteiger partial charge is 0.486 e. The van der Waals surface area contributed by atoms with Gasteiger partial charge in [-0.2, -0.15) is 0 Å². The minimum absolute atomic E-state index is 0.491. The third kappa shape index (κ3) is 5.14. The second kappa shape index (κ2) is 8.15. The Morgan fingerprint density at radius 1 is 1.24 bits per heavy atom. The minimum Gasteiger partial charge on any atom is -0.486 e. The SMILES string of the molecule is CCCc1nc(COc2ccccc2)sc1CNC(C)C. The van der Waals surface area contributed by atoms with Crippen molar-refractivity contribution < 1.29 is 4.74 Å². The third-order valence-corrected chi connectivity index (χ3v) is 4.16. The lowest BCUT2D eigenvalue weighted by Crippen LogP contribution is -2.21. The number of aryl methyl sites for hydroxylation is 1. The first kappa shape index (κ1) is 16.0. The lowest BCUT2D eigenvalue weighted by atomic mass is 10.2. The first-order chi connectivity index (χ1) is 10.2. The van der Waals surface area contributed by atoms with Crippen molar-refractivity contribution >= 4 is 11.3 Å². The zero-order valence-corrected chi connectivity index (χ0v) is 13.9. The lowest BCUT2D eigenvalue weighted by molar-refractivity contribution is 0.305. The number of rotatable bonds is 8. The number of para-hydroxylation sites is 1. The molecule has 0 fully saturated rings. The van der Waals surface area contributed by atoms with E-state index in [0.717, 1.165) is 30.1 Å². The molecule has 0 bridgehead atoms. The average molecular weight is 304 g/mol. The molecule has 1 heterocycles. The summed E-state index contributed by atoms with van der Waals surface area (Å²) in [6, 6.07) is 10.4. The molecule has 4 heteroatoms. The summed E-state index contributed by atoms with van der Waals surface area (Å²) in [6.07, 6.45) is 2.16. The number of hydrogen-bond acceptors (Lipinski definition) is 4. The standard InChI is InChI=1S/C17H24N2OS/c1-4-8-15-16(11-18-13(2)3)21-17(19-15)12-20-14-9-6-5-7-10-14/h5-7,9-10,13,18H,4,8,11-12H2,1-3H3. The maximum absolute atomic E-state index is 5.79. The molecular formula is C17H24N2OS. The fourth-order valence-corrected chi connectivity index (χ4v) is 3.01. The second-order valence-corrected chi connectivity index (χ2v) is 6.53. The van der Waals surface area contributed by atoms with Crippen LogP contribution in [0.1, 0.15) is 42.8 Å². The third-order valence-electron chi connectivity index (χ3n) is 3.09. The van der Waals surface area contributed by atoms with E-state index in [4.69, 9.17) is 9.72 Å². The molecule has 0 unspecified atom stereocenters. The first-order valence-corrected chi connectivity index (χ1v) is 8.39. The zero-order chi connectivity index (χ0) is 15.1. The molecule has 0 aliphatic rings. The van der Waals surface area contributed by atoms with Crippen LogP contribution >= 0.6 is 11.3 Å².